The van der Waals surface area contributed by atoms with Gasteiger partial charge in [-0.15, -0.1) is 0 Å². The van der Waals surface area contributed by atoms with Crippen molar-refractivity contribution in [2.24, 2.45) is 32.9 Å². The normalized spacial score (nSPS) is 11.8. The predicted octanol–water partition coefficient (Wildman–Crippen LogP) is 3.12. The molecule has 114 heavy (non-hydrogen) atoms. The van der Waals surface area contributed by atoms with Crippen molar-refractivity contribution in [1.82, 2.24) is 20.1 Å². The van der Waals surface area contributed by atoms with E-state index < -0.39 is 78.5 Å². The topological polar surface area (TPSA) is 481 Å². The Kier molecular flexibility index (Phi) is 53.6. The molecule has 4 aromatic carbocycles. The Morgan fingerprint density at radius 2 is 0.640 bits per heavy atom. The van der Waals surface area contributed by atoms with Gasteiger partial charge >= 0.3 is 0 Å². The van der Waals surface area contributed by atoms with Crippen LogP contribution in [0.4, 0.5) is 17.6 Å². The van der Waals surface area contributed by atoms with Crippen LogP contribution in [0.3, 0.4) is 0 Å². The van der Waals surface area contributed by atoms with E-state index in [2.05, 4.69) is 37.0 Å². The van der Waals surface area contributed by atoms with Gasteiger partial charge in [0.15, 0.2) is 46.7 Å². The summed E-state index contributed by atoms with van der Waals surface area (Å²) >= 11 is 0. The first-order valence-corrected chi connectivity index (χ1v) is 39.2. The number of carbonyl (C=O) groups excluding carboxylic acids is 4. The lowest BCUT2D eigenvalue weighted by Gasteiger charge is -2.11. The quantitative estimate of drug-likeness (QED) is 0.0101. The number of hydrogen-bond donors (Lipinski definition) is 9. The molecule has 0 radical (unpaired) electrons. The number of ether oxygens (including phenoxy) is 16. The molecule has 0 aliphatic carbocycles. The standard InChI is InChI=1S/C37H55F2N5O12S.C36H53F2N5O13S/c1-3-11-49-15-19-53-23-24-54-20-16-50-12-8-34(45)42-9-13-51-17-21-55-22-18-52-14-10-43-57(47,48)31-6-4-30(5-7-31)56-35-32(38)26-29(27-33(35)39)25-28(2)36(46)44-37(40)41;1-27(35(46)43-36(39)40)24-28-25-31(37)34(32(38)26-28)56-29-2-4-30(5-3-29)57(47,48)42-8-12-51-16-20-54-19-15-50-11-7-41-33(45)6-10-49-14-18-53-22-23-55-21-17-52-13-9-44/h4-7,25-27,43H,3,8-24H2,1-2H3,(H,42,45)(H4,40,41,44,46);2-5,24-26,42,44H,6-23H2,1H3,(H,41,45)(H4,39,40,43,46)/b28-25+;27-24+. The van der Waals surface area contributed by atoms with Crippen LogP contribution in [0.1, 0.15) is 51.2 Å². The summed E-state index contributed by atoms with van der Waals surface area (Å²) in [4.78, 5) is 54.0. The molecule has 0 spiro atoms. The van der Waals surface area contributed by atoms with E-state index in [0.717, 1.165) is 37.3 Å². The van der Waals surface area contributed by atoms with Crippen LogP contribution >= 0.6 is 0 Å². The summed E-state index contributed by atoms with van der Waals surface area (Å²) in [6, 6.07) is 13.6. The number of hydrogen-bond acceptors (Lipinski definition) is 25. The number of halogens is 4. The van der Waals surface area contributed by atoms with E-state index >= 15 is 0 Å². The SMILES string of the molecule is C/C(=C\c1cc(F)c(Oc2ccc(S(=O)(=O)NCCOCCOCCOCCNC(=O)CCOCCOCCOCCOCCO)cc2)c(F)c1)C(=O)N=C(N)N.CCCOCCOCCOCCOCCC(=O)NCCOCCOCCOCCNS(=O)(=O)c1ccc(Oc2c(F)cc(/C=C(\C)C(=O)N=C(N)N)cc2F)cc1. The molecule has 0 unspecified atom stereocenters. The number of aliphatic hydroxyl groups excluding tert-OH is 1. The minimum atomic E-state index is -3.92. The zero-order chi connectivity index (χ0) is 83.5. The minimum absolute atomic E-state index is 0.0155. The Morgan fingerprint density at radius 1 is 0.386 bits per heavy atom. The highest BCUT2D eigenvalue weighted by atomic mass is 32.2. The smallest absolute Gasteiger partial charge is 0.275 e. The summed E-state index contributed by atoms with van der Waals surface area (Å²) in [5.74, 6) is -8.48. The molecule has 0 heterocycles. The molecule has 35 nitrogen and oxygen atoms in total. The number of nitrogens with two attached hydrogens (primary N) is 4. The maximum Gasteiger partial charge on any atom is 0.275 e. The van der Waals surface area contributed by atoms with Crippen molar-refractivity contribution < 1.29 is 134 Å². The monoisotopic (exact) mass is 1660 g/mol. The summed E-state index contributed by atoms with van der Waals surface area (Å²) in [5, 5.41) is 14.1. The summed E-state index contributed by atoms with van der Waals surface area (Å²) < 4.78 is 200. The van der Waals surface area contributed by atoms with Crippen molar-refractivity contribution in [3.63, 3.8) is 0 Å². The average molecular weight is 1670 g/mol. The first-order chi connectivity index (χ1) is 54.8. The highest BCUT2D eigenvalue weighted by Gasteiger charge is 2.20. The average Bonchev–Trinajstić information content (AvgIpc) is 0.824. The van der Waals surface area contributed by atoms with Gasteiger partial charge in [0.1, 0.15) is 11.5 Å². The Bertz CT molecular complexity index is 3490. The van der Waals surface area contributed by atoms with Gasteiger partial charge in [0.2, 0.25) is 31.9 Å². The molecule has 0 saturated heterocycles. The molecule has 0 bridgehead atoms. The van der Waals surface area contributed by atoms with E-state index in [1.165, 1.54) is 74.5 Å². The van der Waals surface area contributed by atoms with Crippen LogP contribution < -0.4 is 52.5 Å². The molecular weight excluding hydrogens is 1560 g/mol. The highest BCUT2D eigenvalue weighted by molar-refractivity contribution is 7.89. The molecule has 4 amide bonds. The lowest BCUT2D eigenvalue weighted by atomic mass is 10.1. The molecule has 0 aromatic heterocycles. The van der Waals surface area contributed by atoms with E-state index in [9.17, 15) is 53.6 Å². The second kappa shape index (κ2) is 61.2. The number of sulfonamides is 2. The number of nitrogens with one attached hydrogen (secondary N) is 4. The maximum absolute atomic E-state index is 14.7. The van der Waals surface area contributed by atoms with E-state index in [4.69, 9.17) is 104 Å². The van der Waals surface area contributed by atoms with Crippen molar-refractivity contribution in [3.8, 4) is 23.0 Å². The van der Waals surface area contributed by atoms with Crippen LogP contribution in [-0.4, -0.2) is 275 Å². The fourth-order valence-electron chi connectivity index (χ4n) is 8.68. The van der Waals surface area contributed by atoms with E-state index in [0.29, 0.717) is 139 Å². The van der Waals surface area contributed by atoms with Crippen molar-refractivity contribution in [2.75, 3.05) is 218 Å². The van der Waals surface area contributed by atoms with Crippen LogP contribution in [0.2, 0.25) is 0 Å². The largest absolute Gasteiger partial charge is 0.451 e. The molecule has 0 saturated carbocycles. The van der Waals surface area contributed by atoms with Gasteiger partial charge in [0.25, 0.3) is 11.8 Å². The van der Waals surface area contributed by atoms with Gasteiger partial charge in [-0.3, -0.25) is 19.2 Å². The zero-order valence-corrected chi connectivity index (χ0v) is 65.9. The van der Waals surface area contributed by atoms with E-state index in [1.807, 2.05) is 0 Å². The second-order valence-electron chi connectivity index (χ2n) is 23.4. The first kappa shape index (κ1) is 99.9. The first-order valence-electron chi connectivity index (χ1n) is 36.3. The maximum atomic E-state index is 14.7. The van der Waals surface area contributed by atoms with Gasteiger partial charge in [-0.1, -0.05) is 6.92 Å². The fourth-order valence-corrected chi connectivity index (χ4v) is 10.7. The van der Waals surface area contributed by atoms with Crippen LogP contribution in [0.5, 0.6) is 23.0 Å². The molecule has 0 aliphatic rings. The Balaban J connectivity index is 0.000000590. The van der Waals surface area contributed by atoms with Crippen LogP contribution in [0.15, 0.2) is 104 Å². The second-order valence-corrected chi connectivity index (χ2v) is 26.9. The molecule has 4 aromatic rings. The highest BCUT2D eigenvalue weighted by Crippen LogP contribution is 2.32. The third-order valence-electron chi connectivity index (χ3n) is 14.1. The summed E-state index contributed by atoms with van der Waals surface area (Å²) in [5.41, 5.74) is 20.8. The van der Waals surface area contributed by atoms with Crippen LogP contribution in [-0.2, 0) is 106 Å². The van der Waals surface area contributed by atoms with Crippen molar-refractivity contribution in [2.45, 2.75) is 49.8 Å². The number of carbonyl (C=O) groups is 4. The zero-order valence-electron chi connectivity index (χ0n) is 64.3. The number of aliphatic imine (C=N–C) groups is 2. The Morgan fingerprint density at radius 3 is 0.912 bits per heavy atom. The van der Waals surface area contributed by atoms with Gasteiger partial charge in [-0.05, 0) is 116 Å². The molecule has 4 rings (SSSR count). The van der Waals surface area contributed by atoms with Gasteiger partial charge in [0, 0.05) is 56.8 Å². The molecule has 0 atom stereocenters. The van der Waals surface area contributed by atoms with Crippen LogP contribution in [0, 0.1) is 23.3 Å². The third-order valence-corrected chi connectivity index (χ3v) is 17.1. The molecule has 41 heteroatoms. The van der Waals surface area contributed by atoms with Gasteiger partial charge in [-0.25, -0.2) is 43.8 Å². The third kappa shape index (κ3) is 47.5. The molecule has 640 valence electrons. The Hall–Kier alpha value is -8.28. The Labute approximate surface area is 661 Å². The van der Waals surface area contributed by atoms with Gasteiger partial charge < -0.3 is 114 Å². The van der Waals surface area contributed by atoms with Crippen molar-refractivity contribution in [1.29, 1.82) is 0 Å². The number of aliphatic hydroxyl groups is 1. The number of amides is 4. The van der Waals surface area contributed by atoms with Crippen LogP contribution in [0.25, 0.3) is 12.2 Å². The van der Waals surface area contributed by atoms with E-state index in [1.54, 1.807) is 0 Å². The minimum Gasteiger partial charge on any atom is -0.451 e. The van der Waals surface area contributed by atoms with Gasteiger partial charge in [-0.2, -0.15) is 9.98 Å². The lowest BCUT2D eigenvalue weighted by Crippen LogP contribution is -2.28. The molecule has 13 N–H and O–H groups in total. The summed E-state index contributed by atoms with van der Waals surface area (Å²) in [6.45, 7) is 15.3. The van der Waals surface area contributed by atoms with Crippen molar-refractivity contribution in [3.05, 3.63) is 118 Å². The lowest BCUT2D eigenvalue weighted by molar-refractivity contribution is -0.123. The summed E-state index contributed by atoms with van der Waals surface area (Å²) in [7, 11) is -7.83. The fraction of sp³-hybridized carbons (Fsp3) is 0.534. The molecule has 0 fully saturated rings. The number of rotatable bonds is 64. The number of guanidine groups is 2. The predicted molar refractivity (Wildman–Crippen MR) is 409 cm³/mol. The van der Waals surface area contributed by atoms with Crippen molar-refractivity contribution >= 4 is 67.7 Å². The number of benzene rings is 4. The van der Waals surface area contributed by atoms with E-state index in [-0.39, 0.29) is 141 Å². The summed E-state index contributed by atoms with van der Waals surface area (Å²) in [6.07, 6.45) is 3.83. The van der Waals surface area contributed by atoms with Gasteiger partial charge in [0.05, 0.1) is 195 Å². The molecule has 0 aliphatic heterocycles. The molecular formula is C73H108F4N10O25S2. The number of nitrogens with zero attached hydrogens (tertiary/aromatic N) is 2.